The molecule has 0 radical (unpaired) electrons. The molecule has 3 heteroatoms. The average Bonchev–Trinajstić information content (AvgIpc) is 2.29. The average molecular weight is 238 g/mol. The van der Waals surface area contributed by atoms with Gasteiger partial charge in [0.15, 0.2) is 0 Å². The number of carbonyl (C=O) groups excluding carboxylic acids is 1. The third kappa shape index (κ3) is 4.98. The van der Waals surface area contributed by atoms with E-state index in [1.54, 1.807) is 6.07 Å². The molecule has 1 aromatic carbocycles. The maximum Gasteiger partial charge on any atom is 0.306 e. The molecule has 0 heterocycles. The van der Waals surface area contributed by atoms with Gasteiger partial charge in [-0.1, -0.05) is 32.4 Å². The van der Waals surface area contributed by atoms with Crippen LogP contribution in [-0.2, 0) is 9.53 Å². The largest absolute Gasteiger partial charge is 0.466 e. The number of hydrogen-bond donors (Lipinski definition) is 0. The summed E-state index contributed by atoms with van der Waals surface area (Å²) in [6.07, 6.45) is 2.19. The SMILES string of the molecule is CCCCOC(=O)CC(C)c1cccc(F)c1. The minimum Gasteiger partial charge on any atom is -0.466 e. The highest BCUT2D eigenvalue weighted by molar-refractivity contribution is 5.70. The van der Waals surface area contributed by atoms with Crippen molar-refractivity contribution in [1.29, 1.82) is 0 Å². The summed E-state index contributed by atoms with van der Waals surface area (Å²) in [6.45, 7) is 4.42. The first kappa shape index (κ1) is 13.7. The Bertz CT molecular complexity index is 363. The van der Waals surface area contributed by atoms with E-state index in [0.29, 0.717) is 13.0 Å². The van der Waals surface area contributed by atoms with Gasteiger partial charge < -0.3 is 4.74 Å². The van der Waals surface area contributed by atoms with Crippen LogP contribution in [-0.4, -0.2) is 12.6 Å². The Balaban J connectivity index is 2.43. The molecule has 1 rings (SSSR count). The highest BCUT2D eigenvalue weighted by atomic mass is 19.1. The summed E-state index contributed by atoms with van der Waals surface area (Å²) in [5.74, 6) is -0.497. The molecule has 0 aliphatic rings. The van der Waals surface area contributed by atoms with E-state index < -0.39 is 0 Å². The van der Waals surface area contributed by atoms with Gasteiger partial charge in [0.05, 0.1) is 13.0 Å². The van der Waals surface area contributed by atoms with Crippen molar-refractivity contribution in [3.05, 3.63) is 35.6 Å². The Morgan fingerprint density at radius 2 is 2.24 bits per heavy atom. The molecule has 0 aromatic heterocycles. The molecule has 1 unspecified atom stereocenters. The van der Waals surface area contributed by atoms with Crippen LogP contribution in [0.1, 0.15) is 44.6 Å². The van der Waals surface area contributed by atoms with Crippen molar-refractivity contribution < 1.29 is 13.9 Å². The third-order valence-electron chi connectivity index (χ3n) is 2.65. The molecular formula is C14H19FO2. The molecule has 0 bridgehead atoms. The molecule has 1 aromatic rings. The van der Waals surface area contributed by atoms with Crippen LogP contribution in [0, 0.1) is 5.82 Å². The second-order valence-corrected chi connectivity index (χ2v) is 4.23. The van der Waals surface area contributed by atoms with Crippen molar-refractivity contribution in [1.82, 2.24) is 0 Å². The summed E-state index contributed by atoms with van der Waals surface area (Å²) >= 11 is 0. The molecule has 0 aliphatic carbocycles. The summed E-state index contributed by atoms with van der Waals surface area (Å²) in [5.41, 5.74) is 0.831. The van der Waals surface area contributed by atoms with Gasteiger partial charge in [-0.2, -0.15) is 0 Å². The van der Waals surface area contributed by atoms with Crippen LogP contribution >= 0.6 is 0 Å². The topological polar surface area (TPSA) is 26.3 Å². The standard InChI is InChI=1S/C14H19FO2/c1-3-4-8-17-14(16)9-11(2)12-6-5-7-13(15)10-12/h5-7,10-11H,3-4,8-9H2,1-2H3. The highest BCUT2D eigenvalue weighted by Gasteiger charge is 2.12. The number of rotatable bonds is 6. The van der Waals surface area contributed by atoms with Gasteiger partial charge >= 0.3 is 5.97 Å². The van der Waals surface area contributed by atoms with Crippen LogP contribution in [0.4, 0.5) is 4.39 Å². The lowest BCUT2D eigenvalue weighted by Gasteiger charge is -2.11. The normalized spacial score (nSPS) is 12.2. The lowest BCUT2D eigenvalue weighted by atomic mass is 9.98. The van der Waals surface area contributed by atoms with Crippen LogP contribution in [0.15, 0.2) is 24.3 Å². The second-order valence-electron chi connectivity index (χ2n) is 4.23. The molecule has 0 aliphatic heterocycles. The number of benzene rings is 1. The minimum absolute atomic E-state index is 0.0140. The van der Waals surface area contributed by atoms with E-state index in [1.807, 2.05) is 19.9 Å². The fraction of sp³-hybridized carbons (Fsp3) is 0.500. The van der Waals surface area contributed by atoms with Crippen LogP contribution in [0.3, 0.4) is 0 Å². The van der Waals surface area contributed by atoms with Gasteiger partial charge in [0.25, 0.3) is 0 Å². The van der Waals surface area contributed by atoms with E-state index in [9.17, 15) is 9.18 Å². The predicted octanol–water partition coefficient (Wildman–Crippen LogP) is 3.66. The molecule has 0 spiro atoms. The molecule has 0 N–H and O–H groups in total. The summed E-state index contributed by atoms with van der Waals surface area (Å²) in [5, 5.41) is 0. The molecule has 0 fully saturated rings. The first-order valence-corrected chi connectivity index (χ1v) is 6.04. The number of unbranched alkanes of at least 4 members (excludes halogenated alkanes) is 1. The van der Waals surface area contributed by atoms with Gasteiger partial charge in [-0.15, -0.1) is 0 Å². The maximum atomic E-state index is 13.0. The van der Waals surface area contributed by atoms with Crippen LogP contribution in [0.2, 0.25) is 0 Å². The van der Waals surface area contributed by atoms with Gasteiger partial charge in [0.1, 0.15) is 5.82 Å². The van der Waals surface area contributed by atoms with Crippen molar-refractivity contribution in [3.8, 4) is 0 Å². The first-order chi connectivity index (χ1) is 8.13. The summed E-state index contributed by atoms with van der Waals surface area (Å²) in [4.78, 5) is 11.5. The Morgan fingerprint density at radius 1 is 1.47 bits per heavy atom. The Kier molecular flexibility index (Phi) is 5.67. The van der Waals surface area contributed by atoms with E-state index in [-0.39, 0.29) is 17.7 Å². The van der Waals surface area contributed by atoms with E-state index in [0.717, 1.165) is 18.4 Å². The molecule has 0 saturated carbocycles. The van der Waals surface area contributed by atoms with E-state index in [1.165, 1.54) is 12.1 Å². The molecule has 17 heavy (non-hydrogen) atoms. The zero-order valence-corrected chi connectivity index (χ0v) is 10.4. The van der Waals surface area contributed by atoms with Crippen molar-refractivity contribution in [2.24, 2.45) is 0 Å². The lowest BCUT2D eigenvalue weighted by Crippen LogP contribution is -2.09. The van der Waals surface area contributed by atoms with Gasteiger partial charge in [0.2, 0.25) is 0 Å². The summed E-state index contributed by atoms with van der Waals surface area (Å²) < 4.78 is 18.1. The van der Waals surface area contributed by atoms with Crippen LogP contribution in [0.25, 0.3) is 0 Å². The quantitative estimate of drug-likeness (QED) is 0.558. The number of carbonyl (C=O) groups is 1. The van der Waals surface area contributed by atoms with Crippen molar-refractivity contribution in [2.45, 2.75) is 39.0 Å². The predicted molar refractivity (Wildman–Crippen MR) is 65.3 cm³/mol. The molecule has 2 nitrogen and oxygen atoms in total. The molecular weight excluding hydrogens is 219 g/mol. The third-order valence-corrected chi connectivity index (χ3v) is 2.65. The minimum atomic E-state index is -0.270. The van der Waals surface area contributed by atoms with Gasteiger partial charge in [0, 0.05) is 0 Å². The molecule has 1 atom stereocenters. The lowest BCUT2D eigenvalue weighted by molar-refractivity contribution is -0.144. The van der Waals surface area contributed by atoms with E-state index >= 15 is 0 Å². The zero-order valence-electron chi connectivity index (χ0n) is 10.4. The van der Waals surface area contributed by atoms with Gasteiger partial charge in [-0.25, -0.2) is 4.39 Å². The number of halogens is 1. The Morgan fingerprint density at radius 3 is 2.88 bits per heavy atom. The van der Waals surface area contributed by atoms with Gasteiger partial charge in [-0.3, -0.25) is 4.79 Å². The Hall–Kier alpha value is -1.38. The fourth-order valence-electron chi connectivity index (χ4n) is 1.57. The molecule has 94 valence electrons. The highest BCUT2D eigenvalue weighted by Crippen LogP contribution is 2.20. The van der Waals surface area contributed by atoms with Crippen LogP contribution < -0.4 is 0 Å². The van der Waals surface area contributed by atoms with Crippen LogP contribution in [0.5, 0.6) is 0 Å². The number of hydrogen-bond acceptors (Lipinski definition) is 2. The zero-order chi connectivity index (χ0) is 12.7. The smallest absolute Gasteiger partial charge is 0.306 e. The number of ether oxygens (including phenoxy) is 1. The molecule has 0 amide bonds. The van der Waals surface area contributed by atoms with Gasteiger partial charge in [-0.05, 0) is 30.0 Å². The monoisotopic (exact) mass is 238 g/mol. The fourth-order valence-corrected chi connectivity index (χ4v) is 1.57. The maximum absolute atomic E-state index is 13.0. The van der Waals surface area contributed by atoms with E-state index in [4.69, 9.17) is 4.74 Å². The summed E-state index contributed by atoms with van der Waals surface area (Å²) in [7, 11) is 0. The van der Waals surface area contributed by atoms with Crippen molar-refractivity contribution >= 4 is 5.97 Å². The first-order valence-electron chi connectivity index (χ1n) is 6.04. The number of esters is 1. The molecule has 0 saturated heterocycles. The van der Waals surface area contributed by atoms with Crippen molar-refractivity contribution in [2.75, 3.05) is 6.61 Å². The summed E-state index contributed by atoms with van der Waals surface area (Å²) in [6, 6.07) is 6.34. The Labute approximate surface area is 102 Å². The van der Waals surface area contributed by atoms with E-state index in [2.05, 4.69) is 0 Å². The van der Waals surface area contributed by atoms with Crippen molar-refractivity contribution in [3.63, 3.8) is 0 Å². The second kappa shape index (κ2) is 7.05.